The van der Waals surface area contributed by atoms with Gasteiger partial charge in [0.05, 0.1) is 0 Å². The first-order valence-electron chi connectivity index (χ1n) is 14.0. The van der Waals surface area contributed by atoms with Crippen molar-refractivity contribution in [3.05, 3.63) is 77.9 Å². The first kappa shape index (κ1) is 19.2. The third-order valence-corrected chi connectivity index (χ3v) is 10.5. The third-order valence-electron chi connectivity index (χ3n) is 10.5. The molecule has 0 saturated carbocycles. The minimum Gasteiger partial charge on any atom is -0.0651 e. The molecule has 0 saturated heterocycles. The SMILES string of the molecule is CC1=Cc2c3c(c4c(c2C1CC1C(C)=Cc2c5c(c6c(c21)CCC6)CCC5)CCC4)CCC3. The average Bonchev–Trinajstić information content (AvgIpc) is 3.61. The molecule has 2 unspecified atom stereocenters. The number of benzene rings is 2. The lowest BCUT2D eigenvalue weighted by Gasteiger charge is -2.27. The van der Waals surface area contributed by atoms with E-state index in [2.05, 4.69) is 26.0 Å². The maximum atomic E-state index is 2.63. The molecule has 6 aliphatic carbocycles. The van der Waals surface area contributed by atoms with Crippen molar-refractivity contribution in [1.82, 2.24) is 0 Å². The first-order valence-corrected chi connectivity index (χ1v) is 14.0. The highest BCUT2D eigenvalue weighted by molar-refractivity contribution is 5.77. The van der Waals surface area contributed by atoms with E-state index in [-0.39, 0.29) is 0 Å². The molecule has 0 amide bonds. The Morgan fingerprint density at radius 2 is 0.818 bits per heavy atom. The molecule has 0 heterocycles. The Morgan fingerprint density at radius 1 is 0.485 bits per heavy atom. The van der Waals surface area contributed by atoms with Crippen molar-refractivity contribution in [2.45, 2.75) is 109 Å². The summed E-state index contributed by atoms with van der Waals surface area (Å²) >= 11 is 0. The summed E-state index contributed by atoms with van der Waals surface area (Å²) in [5.74, 6) is 1.28. The van der Waals surface area contributed by atoms with E-state index in [0.29, 0.717) is 11.8 Å². The van der Waals surface area contributed by atoms with Gasteiger partial charge in [0, 0.05) is 11.8 Å². The molecule has 2 aromatic carbocycles. The van der Waals surface area contributed by atoms with Gasteiger partial charge in [-0.1, -0.05) is 23.3 Å². The summed E-state index contributed by atoms with van der Waals surface area (Å²) in [4.78, 5) is 0. The van der Waals surface area contributed by atoms with Gasteiger partial charge in [0.2, 0.25) is 0 Å². The molecule has 6 aliphatic rings. The molecule has 0 nitrogen and oxygen atoms in total. The second kappa shape index (κ2) is 6.74. The predicted molar refractivity (Wildman–Crippen MR) is 138 cm³/mol. The second-order valence-corrected chi connectivity index (χ2v) is 12.0. The summed E-state index contributed by atoms with van der Waals surface area (Å²) in [5, 5.41) is 0. The van der Waals surface area contributed by atoms with Crippen LogP contribution in [0.1, 0.15) is 125 Å². The van der Waals surface area contributed by atoms with Crippen molar-refractivity contribution in [2.75, 3.05) is 0 Å². The highest BCUT2D eigenvalue weighted by atomic mass is 14.4. The number of allylic oxidation sites excluding steroid dienone is 2. The van der Waals surface area contributed by atoms with Crippen LogP contribution in [0.5, 0.6) is 0 Å². The van der Waals surface area contributed by atoms with Crippen molar-refractivity contribution in [3.8, 4) is 0 Å². The van der Waals surface area contributed by atoms with Crippen LogP contribution in [-0.4, -0.2) is 0 Å². The van der Waals surface area contributed by atoms with Crippen LogP contribution < -0.4 is 0 Å². The molecular weight excluding hydrogens is 396 g/mol. The molecule has 8 rings (SSSR count). The Kier molecular flexibility index (Phi) is 3.93. The van der Waals surface area contributed by atoms with Gasteiger partial charge in [-0.05, 0) is 164 Å². The number of hydrogen-bond donors (Lipinski definition) is 0. The highest BCUT2D eigenvalue weighted by Crippen LogP contribution is 2.55. The maximum Gasteiger partial charge on any atom is 0.00665 e. The first-order chi connectivity index (χ1) is 16.2. The van der Waals surface area contributed by atoms with Gasteiger partial charge in [-0.3, -0.25) is 0 Å². The van der Waals surface area contributed by atoms with Crippen molar-refractivity contribution in [3.63, 3.8) is 0 Å². The predicted octanol–water partition coefficient (Wildman–Crippen LogP) is 7.73. The Bertz CT molecular complexity index is 1210. The fourth-order valence-corrected chi connectivity index (χ4v) is 9.23. The minimum atomic E-state index is 0.641. The lowest BCUT2D eigenvalue weighted by molar-refractivity contribution is 0.634. The average molecular weight is 433 g/mol. The van der Waals surface area contributed by atoms with Crippen LogP contribution in [-0.2, 0) is 51.4 Å². The van der Waals surface area contributed by atoms with E-state index in [4.69, 9.17) is 0 Å². The Labute approximate surface area is 199 Å². The lowest BCUT2D eigenvalue weighted by atomic mass is 9.77. The van der Waals surface area contributed by atoms with Crippen LogP contribution in [0.15, 0.2) is 11.1 Å². The fraction of sp³-hybridized carbons (Fsp3) is 0.515. The molecule has 33 heavy (non-hydrogen) atoms. The molecular formula is C33H36. The van der Waals surface area contributed by atoms with Crippen LogP contribution >= 0.6 is 0 Å². The monoisotopic (exact) mass is 432 g/mol. The van der Waals surface area contributed by atoms with Crippen molar-refractivity contribution >= 4 is 12.2 Å². The largest absolute Gasteiger partial charge is 0.0651 e. The van der Waals surface area contributed by atoms with E-state index >= 15 is 0 Å². The van der Waals surface area contributed by atoms with Crippen LogP contribution in [0.4, 0.5) is 0 Å². The van der Waals surface area contributed by atoms with E-state index < -0.39 is 0 Å². The quantitative estimate of drug-likeness (QED) is 0.455. The van der Waals surface area contributed by atoms with Crippen molar-refractivity contribution in [1.29, 1.82) is 0 Å². The smallest absolute Gasteiger partial charge is 0.00665 e. The van der Waals surface area contributed by atoms with Gasteiger partial charge in [-0.2, -0.15) is 0 Å². The van der Waals surface area contributed by atoms with Gasteiger partial charge >= 0.3 is 0 Å². The molecule has 0 heteroatoms. The number of rotatable bonds is 2. The van der Waals surface area contributed by atoms with E-state index in [1.54, 1.807) is 77.9 Å². The molecule has 0 aromatic heterocycles. The molecule has 0 fully saturated rings. The summed E-state index contributed by atoms with van der Waals surface area (Å²) in [5.41, 5.74) is 24.5. The summed E-state index contributed by atoms with van der Waals surface area (Å²) in [6.45, 7) is 4.91. The number of hydrogen-bond acceptors (Lipinski definition) is 0. The van der Waals surface area contributed by atoms with E-state index in [1.807, 2.05) is 0 Å². The summed E-state index contributed by atoms with van der Waals surface area (Å²) in [7, 11) is 0. The van der Waals surface area contributed by atoms with Crippen LogP contribution in [0.3, 0.4) is 0 Å². The zero-order valence-corrected chi connectivity index (χ0v) is 20.5. The van der Waals surface area contributed by atoms with E-state index in [0.717, 1.165) is 0 Å². The van der Waals surface area contributed by atoms with Gasteiger partial charge in [-0.25, -0.2) is 0 Å². The summed E-state index contributed by atoms with van der Waals surface area (Å²) in [6, 6.07) is 0. The molecule has 2 atom stereocenters. The molecule has 0 N–H and O–H groups in total. The molecule has 168 valence electrons. The molecule has 2 aromatic rings. The topological polar surface area (TPSA) is 0 Å². The fourth-order valence-electron chi connectivity index (χ4n) is 9.23. The normalized spacial score (nSPS) is 25.5. The standard InChI is InChI=1S/C33H36/c1-18-15-30-24-11-3-7-20(24)22-9-5-13-26(22)32(30)28(18)17-29-19(2)16-31-25-12-4-8-21(25)23-10-6-14-27(23)33(29)31/h15-16,28-29H,3-14,17H2,1-2H3. The van der Waals surface area contributed by atoms with Crippen LogP contribution in [0, 0.1) is 0 Å². The minimum absolute atomic E-state index is 0.641. The molecule has 0 radical (unpaired) electrons. The zero-order chi connectivity index (χ0) is 21.8. The van der Waals surface area contributed by atoms with Crippen LogP contribution in [0.25, 0.3) is 12.2 Å². The molecule has 0 aliphatic heterocycles. The zero-order valence-electron chi connectivity index (χ0n) is 20.5. The highest BCUT2D eigenvalue weighted by Gasteiger charge is 2.39. The van der Waals surface area contributed by atoms with E-state index in [1.165, 1.54) is 83.5 Å². The summed E-state index contributed by atoms with van der Waals surface area (Å²) in [6.07, 6.45) is 22.8. The second-order valence-electron chi connectivity index (χ2n) is 12.0. The van der Waals surface area contributed by atoms with Crippen LogP contribution in [0.2, 0.25) is 0 Å². The summed E-state index contributed by atoms with van der Waals surface area (Å²) < 4.78 is 0. The Balaban J connectivity index is 1.27. The number of fused-ring (bicyclic) bond motifs is 12. The van der Waals surface area contributed by atoms with Gasteiger partial charge in [-0.15, -0.1) is 0 Å². The van der Waals surface area contributed by atoms with Crippen molar-refractivity contribution < 1.29 is 0 Å². The molecule has 0 spiro atoms. The Hall–Kier alpha value is -2.08. The van der Waals surface area contributed by atoms with Gasteiger partial charge in [0.15, 0.2) is 0 Å². The van der Waals surface area contributed by atoms with E-state index in [9.17, 15) is 0 Å². The maximum absolute atomic E-state index is 2.63. The van der Waals surface area contributed by atoms with Gasteiger partial charge in [0.25, 0.3) is 0 Å². The van der Waals surface area contributed by atoms with Gasteiger partial charge < -0.3 is 0 Å². The lowest BCUT2D eigenvalue weighted by Crippen LogP contribution is -2.12. The Morgan fingerprint density at radius 3 is 1.24 bits per heavy atom. The van der Waals surface area contributed by atoms with Crippen molar-refractivity contribution in [2.24, 2.45) is 0 Å². The third kappa shape index (κ3) is 2.43. The van der Waals surface area contributed by atoms with Gasteiger partial charge in [0.1, 0.15) is 0 Å². The molecule has 0 bridgehead atoms.